The second-order valence-corrected chi connectivity index (χ2v) is 6.38. The van der Waals surface area contributed by atoms with Gasteiger partial charge in [0.1, 0.15) is 5.82 Å². The predicted octanol–water partition coefficient (Wildman–Crippen LogP) is 5.03. The van der Waals surface area contributed by atoms with Crippen LogP contribution in [0.15, 0.2) is 72.0 Å². The number of allylic oxidation sites excluding steroid dienone is 2. The first-order valence-corrected chi connectivity index (χ1v) is 8.66. The molecule has 26 heavy (non-hydrogen) atoms. The molecular weight excluding hydrogens is 325 g/mol. The summed E-state index contributed by atoms with van der Waals surface area (Å²) in [5, 5.41) is 6.53. The number of nitrogens with one attached hydrogen (secondary N) is 2. The molecule has 2 aromatic carbocycles. The average molecular weight is 351 g/mol. The van der Waals surface area contributed by atoms with Gasteiger partial charge < -0.3 is 10.6 Å². The van der Waals surface area contributed by atoms with Crippen molar-refractivity contribution >= 4 is 17.5 Å². The Morgan fingerprint density at radius 3 is 2.46 bits per heavy atom. The molecule has 0 aliphatic heterocycles. The summed E-state index contributed by atoms with van der Waals surface area (Å²) in [5.41, 5.74) is 4.37. The van der Waals surface area contributed by atoms with E-state index in [0.717, 1.165) is 22.5 Å². The van der Waals surface area contributed by atoms with Crippen molar-refractivity contribution in [1.29, 1.82) is 0 Å². The van der Waals surface area contributed by atoms with Gasteiger partial charge in [0.05, 0.1) is 0 Å². The maximum Gasteiger partial charge on any atom is 0.126 e. The van der Waals surface area contributed by atoms with Crippen molar-refractivity contribution in [3.63, 3.8) is 0 Å². The molecule has 0 heterocycles. The van der Waals surface area contributed by atoms with E-state index in [9.17, 15) is 4.39 Å². The van der Waals surface area contributed by atoms with Crippen molar-refractivity contribution in [2.75, 3.05) is 12.4 Å². The van der Waals surface area contributed by atoms with Gasteiger partial charge in [-0.3, -0.25) is 4.99 Å². The van der Waals surface area contributed by atoms with Crippen LogP contribution in [0.3, 0.4) is 0 Å². The predicted molar refractivity (Wildman–Crippen MR) is 110 cm³/mol. The van der Waals surface area contributed by atoms with Crippen LogP contribution >= 0.6 is 0 Å². The minimum atomic E-state index is -0.211. The first kappa shape index (κ1) is 19.4. The Hall–Kier alpha value is -2.88. The lowest BCUT2D eigenvalue weighted by Crippen LogP contribution is -2.16. The van der Waals surface area contributed by atoms with Crippen molar-refractivity contribution in [1.82, 2.24) is 5.32 Å². The molecule has 0 fully saturated rings. The normalized spacial score (nSPS) is 11.8. The third-order valence-electron chi connectivity index (χ3n) is 3.74. The molecule has 2 aromatic rings. The highest BCUT2D eigenvalue weighted by Crippen LogP contribution is 2.19. The van der Waals surface area contributed by atoms with Gasteiger partial charge in [-0.1, -0.05) is 36.9 Å². The lowest BCUT2D eigenvalue weighted by molar-refractivity contribution is 0.613. The maximum atomic E-state index is 13.7. The van der Waals surface area contributed by atoms with Gasteiger partial charge in [-0.05, 0) is 43.2 Å². The molecular formula is C22H26FN3. The molecule has 0 amide bonds. The molecule has 0 aliphatic rings. The van der Waals surface area contributed by atoms with E-state index in [1.165, 1.54) is 6.07 Å². The molecule has 2 N–H and O–H groups in total. The Kier molecular flexibility index (Phi) is 7.15. The minimum absolute atomic E-state index is 0.211. The van der Waals surface area contributed by atoms with E-state index >= 15 is 0 Å². The fraction of sp³-hybridized carbons (Fsp3) is 0.227. The summed E-state index contributed by atoms with van der Waals surface area (Å²) in [4.78, 5) is 4.12. The molecule has 0 aliphatic carbocycles. The second-order valence-electron chi connectivity index (χ2n) is 6.38. The SMILES string of the molecule is C=C(Cc1ccccc1F)Nc1ccc(C(/C=N\C)=C/NC(C)C)cc1. The summed E-state index contributed by atoms with van der Waals surface area (Å²) in [6.07, 6.45) is 4.24. The van der Waals surface area contributed by atoms with E-state index in [-0.39, 0.29) is 5.82 Å². The van der Waals surface area contributed by atoms with E-state index in [1.54, 1.807) is 19.2 Å². The van der Waals surface area contributed by atoms with E-state index < -0.39 is 0 Å². The number of hydrogen-bond donors (Lipinski definition) is 2. The zero-order valence-corrected chi connectivity index (χ0v) is 15.6. The van der Waals surface area contributed by atoms with Crippen LogP contribution in [0, 0.1) is 5.82 Å². The molecule has 136 valence electrons. The van der Waals surface area contributed by atoms with Crippen LogP contribution in [-0.2, 0) is 6.42 Å². The number of anilines is 1. The number of benzene rings is 2. The molecule has 2 rings (SSSR count). The highest BCUT2D eigenvalue weighted by molar-refractivity contribution is 6.09. The third kappa shape index (κ3) is 5.88. The van der Waals surface area contributed by atoms with E-state index in [2.05, 4.69) is 36.1 Å². The Balaban J connectivity index is 2.05. The standard InChI is InChI=1S/C22H26FN3/c1-16(2)25-15-20(14-24-4)18-9-11-21(12-10-18)26-17(3)13-19-7-5-6-8-22(19)23/h5-12,14-16,25-26H,3,13H2,1-2,4H3/b20-15+,24-14-. The highest BCUT2D eigenvalue weighted by atomic mass is 19.1. The molecule has 0 radical (unpaired) electrons. The van der Waals surface area contributed by atoms with Crippen molar-refractivity contribution in [3.05, 3.63) is 84.0 Å². The van der Waals surface area contributed by atoms with Gasteiger partial charge in [0, 0.05) is 48.9 Å². The molecule has 0 saturated carbocycles. The van der Waals surface area contributed by atoms with Gasteiger partial charge >= 0.3 is 0 Å². The molecule has 0 bridgehead atoms. The Morgan fingerprint density at radius 2 is 1.85 bits per heavy atom. The zero-order valence-electron chi connectivity index (χ0n) is 15.6. The number of rotatable bonds is 8. The third-order valence-corrected chi connectivity index (χ3v) is 3.74. The van der Waals surface area contributed by atoms with E-state index in [0.29, 0.717) is 18.0 Å². The summed E-state index contributed by atoms with van der Waals surface area (Å²) in [7, 11) is 1.76. The quantitative estimate of drug-likeness (QED) is 0.654. The Labute approximate surface area is 155 Å². The molecule has 4 heteroatoms. The maximum absolute atomic E-state index is 13.7. The summed E-state index contributed by atoms with van der Waals surface area (Å²) in [6.45, 7) is 8.18. The fourth-order valence-corrected chi connectivity index (χ4v) is 2.46. The van der Waals surface area contributed by atoms with Gasteiger partial charge in [-0.25, -0.2) is 4.39 Å². The van der Waals surface area contributed by atoms with Crippen molar-refractivity contribution in [2.45, 2.75) is 26.3 Å². The van der Waals surface area contributed by atoms with Crippen LogP contribution in [0.25, 0.3) is 5.57 Å². The van der Waals surface area contributed by atoms with Crippen molar-refractivity contribution < 1.29 is 4.39 Å². The van der Waals surface area contributed by atoms with Crippen LogP contribution in [0.1, 0.15) is 25.0 Å². The van der Waals surface area contributed by atoms with Crippen molar-refractivity contribution in [2.24, 2.45) is 4.99 Å². The minimum Gasteiger partial charge on any atom is -0.388 e. The zero-order chi connectivity index (χ0) is 18.9. The van der Waals surface area contributed by atoms with E-state index in [1.807, 2.05) is 42.7 Å². The highest BCUT2D eigenvalue weighted by Gasteiger charge is 2.04. The van der Waals surface area contributed by atoms with E-state index in [4.69, 9.17) is 0 Å². The molecule has 0 spiro atoms. The van der Waals surface area contributed by atoms with Gasteiger partial charge in [0.15, 0.2) is 0 Å². The van der Waals surface area contributed by atoms with Gasteiger partial charge in [-0.15, -0.1) is 0 Å². The molecule has 3 nitrogen and oxygen atoms in total. The van der Waals surface area contributed by atoms with Crippen LogP contribution in [0.2, 0.25) is 0 Å². The van der Waals surface area contributed by atoms with Gasteiger partial charge in [-0.2, -0.15) is 0 Å². The topological polar surface area (TPSA) is 36.4 Å². The van der Waals surface area contributed by atoms with Crippen molar-refractivity contribution in [3.8, 4) is 0 Å². The van der Waals surface area contributed by atoms with Crippen LogP contribution < -0.4 is 10.6 Å². The van der Waals surface area contributed by atoms with Gasteiger partial charge in [0.2, 0.25) is 0 Å². The molecule has 0 aromatic heterocycles. The van der Waals surface area contributed by atoms with Gasteiger partial charge in [0.25, 0.3) is 0 Å². The molecule has 0 unspecified atom stereocenters. The smallest absolute Gasteiger partial charge is 0.126 e. The van der Waals surface area contributed by atoms with Crippen LogP contribution in [0.5, 0.6) is 0 Å². The second kappa shape index (κ2) is 9.56. The number of hydrogen-bond acceptors (Lipinski definition) is 3. The summed E-state index contributed by atoms with van der Waals surface area (Å²) in [5.74, 6) is -0.211. The van der Waals surface area contributed by atoms with Crippen LogP contribution in [-0.4, -0.2) is 19.3 Å². The Morgan fingerprint density at radius 1 is 1.15 bits per heavy atom. The largest absolute Gasteiger partial charge is 0.388 e. The first-order chi connectivity index (χ1) is 12.5. The monoisotopic (exact) mass is 351 g/mol. The lowest BCUT2D eigenvalue weighted by atomic mass is 10.1. The summed E-state index contributed by atoms with van der Waals surface area (Å²) < 4.78 is 13.7. The number of halogens is 1. The molecule has 0 atom stereocenters. The number of aliphatic imine (C=N–C) groups is 1. The van der Waals surface area contributed by atoms with Crippen LogP contribution in [0.4, 0.5) is 10.1 Å². The summed E-state index contributed by atoms with van der Waals surface area (Å²) >= 11 is 0. The molecule has 0 saturated heterocycles. The fourth-order valence-electron chi connectivity index (χ4n) is 2.46. The average Bonchev–Trinajstić information content (AvgIpc) is 2.61. The number of nitrogens with zero attached hydrogens (tertiary/aromatic N) is 1. The first-order valence-electron chi connectivity index (χ1n) is 8.66. The summed E-state index contributed by atoms with van der Waals surface area (Å²) in [6, 6.07) is 15.1. The lowest BCUT2D eigenvalue weighted by Gasteiger charge is -2.12. The Bertz CT molecular complexity index is 789.